The van der Waals surface area contributed by atoms with Crippen molar-refractivity contribution in [3.63, 3.8) is 0 Å². The van der Waals surface area contributed by atoms with Crippen LogP contribution in [0.15, 0.2) is 18.2 Å². The third-order valence-electron chi connectivity index (χ3n) is 3.45. The fourth-order valence-electron chi connectivity index (χ4n) is 2.56. The lowest BCUT2D eigenvalue weighted by atomic mass is 10.0. The predicted molar refractivity (Wildman–Crippen MR) is 82.5 cm³/mol. The van der Waals surface area contributed by atoms with Crippen LogP contribution in [0.25, 0.3) is 0 Å². The zero-order valence-corrected chi connectivity index (χ0v) is 13.0. The summed E-state index contributed by atoms with van der Waals surface area (Å²) < 4.78 is 11.0. The Balaban J connectivity index is 2.17. The van der Waals surface area contributed by atoms with Gasteiger partial charge >= 0.3 is 5.97 Å². The number of hydrogen-bond donors (Lipinski definition) is 1. The first-order valence-electron chi connectivity index (χ1n) is 7.38. The van der Waals surface area contributed by atoms with Gasteiger partial charge in [-0.15, -0.1) is 0 Å². The topological polar surface area (TPSA) is 64.8 Å². The maximum absolute atomic E-state index is 11.6. The van der Waals surface area contributed by atoms with Crippen molar-refractivity contribution >= 4 is 11.7 Å². The predicted octanol–water partition coefficient (Wildman–Crippen LogP) is 2.08. The van der Waals surface area contributed by atoms with Crippen molar-refractivity contribution in [2.24, 2.45) is 5.73 Å². The van der Waals surface area contributed by atoms with Crippen molar-refractivity contribution in [2.45, 2.75) is 39.3 Å². The van der Waals surface area contributed by atoms with Crippen LogP contribution in [0.2, 0.25) is 0 Å². The third kappa shape index (κ3) is 3.88. The second-order valence-corrected chi connectivity index (χ2v) is 5.84. The van der Waals surface area contributed by atoms with Crippen molar-refractivity contribution in [3.05, 3.63) is 23.8 Å². The lowest BCUT2D eigenvalue weighted by molar-refractivity contribution is -0.142. The minimum atomic E-state index is -0.297. The second kappa shape index (κ2) is 6.35. The molecule has 1 heterocycles. The summed E-state index contributed by atoms with van der Waals surface area (Å²) in [5, 5.41) is 0. The van der Waals surface area contributed by atoms with Gasteiger partial charge in [0.2, 0.25) is 0 Å². The first-order chi connectivity index (χ1) is 9.95. The highest BCUT2D eigenvalue weighted by molar-refractivity contribution is 5.71. The first-order valence-corrected chi connectivity index (χ1v) is 7.38. The monoisotopic (exact) mass is 292 g/mol. The Kier molecular flexibility index (Phi) is 4.73. The molecule has 5 heteroatoms. The summed E-state index contributed by atoms with van der Waals surface area (Å²) in [4.78, 5) is 13.7. The number of fused-ring (bicyclic) bond motifs is 1. The molecule has 0 unspecified atom stereocenters. The maximum atomic E-state index is 11.6. The molecule has 116 valence electrons. The highest BCUT2D eigenvalue weighted by Crippen LogP contribution is 2.37. The van der Waals surface area contributed by atoms with E-state index in [1.807, 2.05) is 39.0 Å². The van der Waals surface area contributed by atoms with Gasteiger partial charge < -0.3 is 20.1 Å². The number of carbonyl (C=O) groups excluding carboxylic acids is 1. The number of ether oxygens (including phenoxy) is 2. The van der Waals surface area contributed by atoms with Crippen LogP contribution in [0.3, 0.4) is 0 Å². The summed E-state index contributed by atoms with van der Waals surface area (Å²) in [5.74, 6) is 0.667. The van der Waals surface area contributed by atoms with Gasteiger partial charge in [0.1, 0.15) is 11.4 Å². The van der Waals surface area contributed by atoms with Crippen LogP contribution in [0.4, 0.5) is 5.69 Å². The molecule has 21 heavy (non-hydrogen) atoms. The number of hydrogen-bond acceptors (Lipinski definition) is 5. The van der Waals surface area contributed by atoms with Crippen LogP contribution < -0.4 is 15.4 Å². The number of nitrogens with zero attached hydrogens (tertiary/aromatic N) is 1. The number of benzene rings is 1. The molecule has 0 aliphatic carbocycles. The van der Waals surface area contributed by atoms with Gasteiger partial charge in [-0.25, -0.2) is 0 Å². The fourth-order valence-corrected chi connectivity index (χ4v) is 2.56. The van der Waals surface area contributed by atoms with E-state index in [1.54, 1.807) is 0 Å². The van der Waals surface area contributed by atoms with Gasteiger partial charge in [0.15, 0.2) is 0 Å². The number of esters is 1. The average molecular weight is 292 g/mol. The molecule has 0 radical (unpaired) electrons. The summed E-state index contributed by atoms with van der Waals surface area (Å²) in [6.07, 6.45) is 0.377. The smallest absolute Gasteiger partial charge is 0.307 e. The Labute approximate surface area is 126 Å². The minimum absolute atomic E-state index is 0.165. The Morgan fingerprint density at radius 3 is 2.90 bits per heavy atom. The van der Waals surface area contributed by atoms with E-state index in [9.17, 15) is 4.79 Å². The van der Waals surface area contributed by atoms with Gasteiger partial charge in [-0.3, -0.25) is 4.79 Å². The summed E-state index contributed by atoms with van der Waals surface area (Å²) in [6, 6.07) is 5.99. The van der Waals surface area contributed by atoms with E-state index in [2.05, 4.69) is 4.90 Å². The molecule has 0 fully saturated rings. The molecule has 0 bridgehead atoms. The van der Waals surface area contributed by atoms with Crippen LogP contribution in [-0.4, -0.2) is 31.3 Å². The molecule has 0 saturated heterocycles. The lowest BCUT2D eigenvalue weighted by Gasteiger charge is -2.41. The number of carbonyl (C=O) groups is 1. The van der Waals surface area contributed by atoms with E-state index in [4.69, 9.17) is 15.2 Å². The largest absolute Gasteiger partial charge is 0.484 e. The van der Waals surface area contributed by atoms with Gasteiger partial charge in [-0.1, -0.05) is 6.07 Å². The fraction of sp³-hybridized carbons (Fsp3) is 0.562. The van der Waals surface area contributed by atoms with Crippen molar-refractivity contribution in [1.29, 1.82) is 0 Å². The molecular formula is C16H24N2O3. The molecule has 0 aromatic heterocycles. The van der Waals surface area contributed by atoms with E-state index in [0.717, 1.165) is 23.5 Å². The lowest BCUT2D eigenvalue weighted by Crippen LogP contribution is -2.47. The van der Waals surface area contributed by atoms with Crippen LogP contribution in [-0.2, 0) is 16.1 Å². The van der Waals surface area contributed by atoms with Crippen LogP contribution in [0, 0.1) is 0 Å². The quantitative estimate of drug-likeness (QED) is 0.842. The Hall–Kier alpha value is -1.75. The van der Waals surface area contributed by atoms with E-state index in [-0.39, 0.29) is 11.6 Å². The molecule has 1 aromatic rings. The zero-order chi connectivity index (χ0) is 15.5. The molecule has 2 rings (SSSR count). The normalized spacial score (nSPS) is 16.1. The van der Waals surface area contributed by atoms with Gasteiger partial charge in [0.05, 0.1) is 25.3 Å². The molecule has 2 N–H and O–H groups in total. The molecule has 1 aromatic carbocycles. The Bertz CT molecular complexity index is 514. The number of anilines is 1. The highest BCUT2D eigenvalue weighted by Gasteiger charge is 2.31. The molecule has 0 saturated carbocycles. The molecule has 0 spiro atoms. The summed E-state index contributed by atoms with van der Waals surface area (Å²) in [6.45, 7) is 8.18. The average Bonchev–Trinajstić information content (AvgIpc) is 2.43. The SMILES string of the molecule is CCOC(=O)CCN1CC(C)(C)Oc2cc(CN)ccc21. The summed E-state index contributed by atoms with van der Waals surface area (Å²) >= 11 is 0. The van der Waals surface area contributed by atoms with Crippen LogP contribution >= 0.6 is 0 Å². The summed E-state index contributed by atoms with van der Waals surface area (Å²) in [7, 11) is 0. The highest BCUT2D eigenvalue weighted by atomic mass is 16.5. The maximum Gasteiger partial charge on any atom is 0.307 e. The van der Waals surface area contributed by atoms with Crippen molar-refractivity contribution in [2.75, 3.05) is 24.6 Å². The molecule has 0 amide bonds. The Morgan fingerprint density at radius 2 is 2.24 bits per heavy atom. The van der Waals surface area contributed by atoms with Crippen LogP contribution in [0.5, 0.6) is 5.75 Å². The van der Waals surface area contributed by atoms with E-state index in [1.165, 1.54) is 0 Å². The molecule has 0 atom stereocenters. The standard InChI is InChI=1S/C16H24N2O3/c1-4-20-15(19)7-8-18-11-16(2,3)21-14-9-12(10-17)5-6-13(14)18/h5-6,9H,4,7-8,10-11,17H2,1-3H3. The minimum Gasteiger partial charge on any atom is -0.484 e. The van der Waals surface area contributed by atoms with Crippen LogP contribution in [0.1, 0.15) is 32.8 Å². The molecular weight excluding hydrogens is 268 g/mol. The molecule has 1 aliphatic rings. The van der Waals surface area contributed by atoms with E-state index in [0.29, 0.717) is 26.1 Å². The van der Waals surface area contributed by atoms with E-state index >= 15 is 0 Å². The first kappa shape index (κ1) is 15.6. The second-order valence-electron chi connectivity index (χ2n) is 5.84. The van der Waals surface area contributed by atoms with Crippen molar-refractivity contribution in [3.8, 4) is 5.75 Å². The number of nitrogens with two attached hydrogens (primary N) is 1. The van der Waals surface area contributed by atoms with E-state index < -0.39 is 0 Å². The number of rotatable bonds is 5. The zero-order valence-electron chi connectivity index (χ0n) is 13.0. The Morgan fingerprint density at radius 1 is 1.48 bits per heavy atom. The van der Waals surface area contributed by atoms with Gasteiger partial charge in [-0.05, 0) is 38.5 Å². The van der Waals surface area contributed by atoms with Crippen molar-refractivity contribution < 1.29 is 14.3 Å². The van der Waals surface area contributed by atoms with Crippen molar-refractivity contribution in [1.82, 2.24) is 0 Å². The third-order valence-corrected chi connectivity index (χ3v) is 3.45. The van der Waals surface area contributed by atoms with Gasteiger partial charge in [-0.2, -0.15) is 0 Å². The summed E-state index contributed by atoms with van der Waals surface area (Å²) in [5.41, 5.74) is 7.44. The molecule has 1 aliphatic heterocycles. The molecule has 5 nitrogen and oxygen atoms in total. The van der Waals surface area contributed by atoms with Gasteiger partial charge in [0.25, 0.3) is 0 Å². The van der Waals surface area contributed by atoms with Gasteiger partial charge in [0, 0.05) is 13.1 Å².